The number of phenolic OH excluding ortho intramolecular Hbond substituents is 2. The highest BCUT2D eigenvalue weighted by Crippen LogP contribution is 2.32. The van der Waals surface area contributed by atoms with Crippen molar-refractivity contribution in [2.24, 2.45) is 0 Å². The Hall–Kier alpha value is -3.75. The van der Waals surface area contributed by atoms with Gasteiger partial charge >= 0.3 is 6.09 Å². The predicted octanol–water partition coefficient (Wildman–Crippen LogP) is 5.21. The Morgan fingerprint density at radius 3 is 2.12 bits per heavy atom. The number of rotatable bonds is 12. The summed E-state index contributed by atoms with van der Waals surface area (Å²) in [5.74, 6) is -0.955. The molecule has 220 valence electrons. The van der Waals surface area contributed by atoms with Crippen molar-refractivity contribution in [3.05, 3.63) is 59.7 Å². The van der Waals surface area contributed by atoms with Crippen LogP contribution in [0.15, 0.2) is 48.5 Å². The topological polar surface area (TPSA) is 128 Å². The van der Waals surface area contributed by atoms with Gasteiger partial charge in [0.25, 0.3) is 0 Å². The summed E-state index contributed by atoms with van der Waals surface area (Å²) in [6.07, 6.45) is 1.46. The smallest absolute Gasteiger partial charge is 0.408 e. The Kier molecular flexibility index (Phi) is 11.8. The number of nitrogens with zero attached hydrogens (tertiary/aromatic N) is 1. The Balaban J connectivity index is 2.60. The zero-order chi connectivity index (χ0) is 30.0. The lowest BCUT2D eigenvalue weighted by Crippen LogP contribution is -2.56. The van der Waals surface area contributed by atoms with Crippen LogP contribution in [-0.2, 0) is 20.7 Å². The maximum atomic E-state index is 14.4. The number of amides is 3. The molecule has 9 heteroatoms. The largest absolute Gasteiger partial charge is 0.508 e. The second-order valence-corrected chi connectivity index (χ2v) is 11.2. The van der Waals surface area contributed by atoms with Gasteiger partial charge in [-0.05, 0) is 71.2 Å². The van der Waals surface area contributed by atoms with E-state index in [1.54, 1.807) is 51.1 Å². The number of phenols is 2. The zero-order valence-corrected chi connectivity index (χ0v) is 24.7. The van der Waals surface area contributed by atoms with Crippen molar-refractivity contribution in [1.29, 1.82) is 0 Å². The van der Waals surface area contributed by atoms with E-state index in [9.17, 15) is 24.6 Å². The molecule has 4 atom stereocenters. The fourth-order valence-electron chi connectivity index (χ4n) is 4.46. The van der Waals surface area contributed by atoms with Gasteiger partial charge in [-0.2, -0.15) is 0 Å². The van der Waals surface area contributed by atoms with Gasteiger partial charge in [0.1, 0.15) is 29.2 Å². The van der Waals surface area contributed by atoms with Crippen LogP contribution >= 0.6 is 0 Å². The molecular weight excluding hydrogens is 510 g/mol. The number of alkyl carbamates (subject to hydrolysis) is 1. The highest BCUT2D eigenvalue weighted by Gasteiger charge is 2.39. The maximum absolute atomic E-state index is 14.4. The van der Waals surface area contributed by atoms with Crippen molar-refractivity contribution in [3.8, 4) is 11.5 Å². The molecule has 0 heterocycles. The van der Waals surface area contributed by atoms with Gasteiger partial charge in [0.2, 0.25) is 11.8 Å². The number of para-hydroxylation sites is 1. The summed E-state index contributed by atoms with van der Waals surface area (Å²) in [6.45, 7) is 12.8. The van der Waals surface area contributed by atoms with E-state index in [0.717, 1.165) is 12.8 Å². The van der Waals surface area contributed by atoms with Gasteiger partial charge in [0.15, 0.2) is 0 Å². The summed E-state index contributed by atoms with van der Waals surface area (Å²) < 4.78 is 5.45. The number of aromatic hydroxyl groups is 2. The van der Waals surface area contributed by atoms with Gasteiger partial charge in [-0.3, -0.25) is 9.59 Å². The average Bonchev–Trinajstić information content (AvgIpc) is 2.87. The molecule has 3 amide bonds. The minimum absolute atomic E-state index is 0.0745. The first kappa shape index (κ1) is 32.5. The number of benzene rings is 2. The molecular formula is C31H45N3O6. The second-order valence-electron chi connectivity index (χ2n) is 11.2. The van der Waals surface area contributed by atoms with Gasteiger partial charge < -0.3 is 30.5 Å². The van der Waals surface area contributed by atoms with E-state index in [-0.39, 0.29) is 29.5 Å². The van der Waals surface area contributed by atoms with Gasteiger partial charge in [-0.1, -0.05) is 50.6 Å². The Morgan fingerprint density at radius 1 is 0.950 bits per heavy atom. The summed E-state index contributed by atoms with van der Waals surface area (Å²) in [4.78, 5) is 42.5. The molecule has 0 aliphatic heterocycles. The van der Waals surface area contributed by atoms with E-state index in [1.807, 2.05) is 27.7 Å². The molecule has 0 bridgehead atoms. The fourth-order valence-corrected chi connectivity index (χ4v) is 4.46. The summed E-state index contributed by atoms with van der Waals surface area (Å²) in [5.41, 5.74) is 0.190. The molecule has 0 saturated carbocycles. The highest BCUT2D eigenvalue weighted by atomic mass is 16.6. The normalized spacial score (nSPS) is 14.4. The van der Waals surface area contributed by atoms with Crippen LogP contribution in [-0.4, -0.2) is 56.7 Å². The van der Waals surface area contributed by atoms with E-state index in [1.165, 1.54) is 23.1 Å². The number of carbonyl (C=O) groups is 3. The summed E-state index contributed by atoms with van der Waals surface area (Å²) in [6, 6.07) is 10.00. The Morgan fingerprint density at radius 2 is 1.57 bits per heavy atom. The van der Waals surface area contributed by atoms with E-state index in [2.05, 4.69) is 10.6 Å². The molecule has 0 aromatic heterocycles. The molecule has 9 nitrogen and oxygen atoms in total. The minimum atomic E-state index is -1.15. The predicted molar refractivity (Wildman–Crippen MR) is 155 cm³/mol. The average molecular weight is 556 g/mol. The van der Waals surface area contributed by atoms with Crippen molar-refractivity contribution in [2.45, 2.75) is 104 Å². The van der Waals surface area contributed by atoms with Crippen molar-refractivity contribution in [1.82, 2.24) is 15.5 Å². The second kappa shape index (κ2) is 14.6. The molecule has 2 rings (SSSR count). The third-order valence-corrected chi connectivity index (χ3v) is 6.55. The van der Waals surface area contributed by atoms with Crippen LogP contribution in [0.25, 0.3) is 0 Å². The van der Waals surface area contributed by atoms with E-state index in [4.69, 9.17) is 4.74 Å². The monoisotopic (exact) mass is 555 g/mol. The molecule has 2 aromatic rings. The lowest BCUT2D eigenvalue weighted by atomic mass is 9.97. The van der Waals surface area contributed by atoms with E-state index in [0.29, 0.717) is 12.0 Å². The first-order valence-electron chi connectivity index (χ1n) is 13.9. The molecule has 0 saturated heterocycles. The standard InChI is InChI=1S/C31H45N3O6/c1-8-12-20(3)32-28(37)27(24-13-10-11-14-26(24)36)34(21(4)9-2)29(38)25(33-30(39)40-31(5,6)7)19-22-15-17-23(35)18-16-22/h10-11,13-18,20-21,25,27,35-36H,8-9,12,19H2,1-7H3,(H,32,37)(H,33,39). The molecule has 0 fully saturated rings. The van der Waals surface area contributed by atoms with Crippen LogP contribution in [0.4, 0.5) is 4.79 Å². The zero-order valence-electron chi connectivity index (χ0n) is 24.7. The van der Waals surface area contributed by atoms with Crippen LogP contribution in [0.1, 0.15) is 84.9 Å². The number of nitrogens with one attached hydrogen (secondary N) is 2. The van der Waals surface area contributed by atoms with Crippen LogP contribution in [0.5, 0.6) is 11.5 Å². The molecule has 0 spiro atoms. The van der Waals surface area contributed by atoms with Crippen LogP contribution < -0.4 is 10.6 Å². The lowest BCUT2D eigenvalue weighted by molar-refractivity contribution is -0.145. The Bertz CT molecular complexity index is 1130. The summed E-state index contributed by atoms with van der Waals surface area (Å²) in [5, 5.41) is 26.2. The maximum Gasteiger partial charge on any atom is 0.408 e. The number of hydrogen-bond acceptors (Lipinski definition) is 6. The minimum Gasteiger partial charge on any atom is -0.508 e. The SMILES string of the molecule is CCCC(C)NC(=O)C(c1ccccc1O)N(C(=O)C(Cc1ccc(O)cc1)NC(=O)OC(C)(C)C)C(C)CC. The fraction of sp³-hybridized carbons (Fsp3) is 0.516. The van der Waals surface area contributed by atoms with Crippen molar-refractivity contribution < 1.29 is 29.3 Å². The first-order chi connectivity index (χ1) is 18.8. The van der Waals surface area contributed by atoms with Crippen LogP contribution in [0.3, 0.4) is 0 Å². The third kappa shape index (κ3) is 9.47. The molecule has 0 aliphatic rings. The number of ether oxygens (including phenoxy) is 1. The van der Waals surface area contributed by atoms with Gasteiger partial charge in [-0.15, -0.1) is 0 Å². The molecule has 4 N–H and O–H groups in total. The van der Waals surface area contributed by atoms with Crippen LogP contribution in [0, 0.1) is 0 Å². The quantitative estimate of drug-likeness (QED) is 0.285. The molecule has 0 aliphatic carbocycles. The molecule has 40 heavy (non-hydrogen) atoms. The Labute approximate surface area is 237 Å². The van der Waals surface area contributed by atoms with Gasteiger partial charge in [0.05, 0.1) is 0 Å². The number of hydrogen-bond donors (Lipinski definition) is 4. The van der Waals surface area contributed by atoms with E-state index < -0.39 is 41.6 Å². The molecule has 2 aromatic carbocycles. The van der Waals surface area contributed by atoms with Crippen molar-refractivity contribution in [2.75, 3.05) is 0 Å². The summed E-state index contributed by atoms with van der Waals surface area (Å²) in [7, 11) is 0. The number of carbonyl (C=O) groups excluding carboxylic acids is 3. The first-order valence-corrected chi connectivity index (χ1v) is 13.9. The van der Waals surface area contributed by atoms with Gasteiger partial charge in [0, 0.05) is 24.1 Å². The summed E-state index contributed by atoms with van der Waals surface area (Å²) >= 11 is 0. The van der Waals surface area contributed by atoms with Gasteiger partial charge in [-0.25, -0.2) is 4.79 Å². The van der Waals surface area contributed by atoms with E-state index >= 15 is 0 Å². The van der Waals surface area contributed by atoms with Crippen molar-refractivity contribution in [3.63, 3.8) is 0 Å². The molecule has 4 unspecified atom stereocenters. The molecule has 0 radical (unpaired) electrons. The lowest BCUT2D eigenvalue weighted by Gasteiger charge is -2.38. The van der Waals surface area contributed by atoms with Crippen LogP contribution in [0.2, 0.25) is 0 Å². The third-order valence-electron chi connectivity index (χ3n) is 6.55. The van der Waals surface area contributed by atoms with Crippen molar-refractivity contribution >= 4 is 17.9 Å². The highest BCUT2D eigenvalue weighted by molar-refractivity contribution is 5.93.